The predicted molar refractivity (Wildman–Crippen MR) is 123 cm³/mol. The Morgan fingerprint density at radius 1 is 1.06 bits per heavy atom. The molecule has 0 fully saturated rings. The number of ether oxygens (including phenoxy) is 2. The van der Waals surface area contributed by atoms with Gasteiger partial charge in [-0.25, -0.2) is 4.68 Å². The van der Waals surface area contributed by atoms with Crippen LogP contribution in [-0.2, 0) is 12.8 Å². The third-order valence-corrected chi connectivity index (χ3v) is 5.21. The number of rotatable bonds is 7. The molecule has 0 saturated carbocycles. The molecule has 4 rings (SSSR count). The van der Waals surface area contributed by atoms with Crippen molar-refractivity contribution in [2.24, 2.45) is 0 Å². The molecular formula is C25H21F3N4O3. The Hall–Kier alpha value is -4.34. The number of amides is 1. The molecule has 1 amide bonds. The van der Waals surface area contributed by atoms with Gasteiger partial charge in [-0.2, -0.15) is 18.3 Å². The van der Waals surface area contributed by atoms with Crippen molar-refractivity contribution in [3.8, 4) is 17.2 Å². The van der Waals surface area contributed by atoms with Gasteiger partial charge in [-0.3, -0.25) is 9.78 Å². The fourth-order valence-electron chi connectivity index (χ4n) is 3.42. The van der Waals surface area contributed by atoms with Gasteiger partial charge in [-0.1, -0.05) is 12.1 Å². The first-order chi connectivity index (χ1) is 16.8. The highest BCUT2D eigenvalue weighted by Crippen LogP contribution is 2.32. The average molecular weight is 482 g/mol. The van der Waals surface area contributed by atoms with E-state index in [-0.39, 0.29) is 17.9 Å². The van der Waals surface area contributed by atoms with Gasteiger partial charge in [0.15, 0.2) is 11.5 Å². The Labute approximate surface area is 199 Å². The molecule has 0 spiro atoms. The Bertz CT molecular complexity index is 1340. The molecule has 10 heteroatoms. The molecular weight excluding hydrogens is 461 g/mol. The first kappa shape index (κ1) is 23.8. The second-order valence-electron chi connectivity index (χ2n) is 7.57. The molecule has 0 radical (unpaired) electrons. The Morgan fingerprint density at radius 3 is 2.60 bits per heavy atom. The highest BCUT2D eigenvalue weighted by Gasteiger charge is 2.30. The zero-order valence-corrected chi connectivity index (χ0v) is 18.8. The van der Waals surface area contributed by atoms with E-state index in [9.17, 15) is 18.0 Å². The number of alkyl halides is 3. The second-order valence-corrected chi connectivity index (χ2v) is 7.57. The summed E-state index contributed by atoms with van der Waals surface area (Å²) < 4.78 is 51.7. The van der Waals surface area contributed by atoms with Crippen LogP contribution in [0.2, 0.25) is 0 Å². The monoisotopic (exact) mass is 482 g/mol. The molecule has 7 nitrogen and oxygen atoms in total. The maximum Gasteiger partial charge on any atom is 0.416 e. The molecule has 0 aliphatic heterocycles. The molecule has 2 aromatic heterocycles. The van der Waals surface area contributed by atoms with Crippen LogP contribution in [0.15, 0.2) is 73.2 Å². The van der Waals surface area contributed by atoms with Crippen LogP contribution in [0.5, 0.6) is 11.5 Å². The minimum absolute atomic E-state index is 0.201. The smallest absolute Gasteiger partial charge is 0.416 e. The highest BCUT2D eigenvalue weighted by atomic mass is 19.4. The van der Waals surface area contributed by atoms with E-state index in [0.717, 1.165) is 17.7 Å². The van der Waals surface area contributed by atoms with E-state index in [1.54, 1.807) is 43.6 Å². The number of hydrogen-bond donors (Lipinski definition) is 1. The SMILES string of the molecule is COc1ccc(NC(=O)c2cnn(-c3cccc(C(F)(F)F)c3)c2C)cc1OCc1cccnc1. The number of nitrogens with zero attached hydrogens (tertiary/aromatic N) is 3. The molecule has 180 valence electrons. The molecule has 0 bridgehead atoms. The number of benzene rings is 2. The van der Waals surface area contributed by atoms with Gasteiger partial charge in [0.25, 0.3) is 5.91 Å². The van der Waals surface area contributed by atoms with Gasteiger partial charge >= 0.3 is 6.18 Å². The predicted octanol–water partition coefficient (Wildman–Crippen LogP) is 5.43. The largest absolute Gasteiger partial charge is 0.493 e. The third-order valence-electron chi connectivity index (χ3n) is 5.21. The standard InChI is InChI=1S/C25H21F3N4O3/c1-16-21(14-30-32(16)20-7-3-6-18(11-20)25(26,27)28)24(33)31-19-8-9-22(34-2)23(12-19)35-15-17-5-4-10-29-13-17/h3-14H,15H2,1-2H3,(H,31,33). The van der Waals surface area contributed by atoms with Crippen molar-refractivity contribution >= 4 is 11.6 Å². The number of carbonyl (C=O) groups excluding carboxylic acids is 1. The van der Waals surface area contributed by atoms with Crippen LogP contribution < -0.4 is 14.8 Å². The summed E-state index contributed by atoms with van der Waals surface area (Å²) in [6.45, 7) is 1.86. The van der Waals surface area contributed by atoms with Crippen LogP contribution in [0.25, 0.3) is 5.69 Å². The lowest BCUT2D eigenvalue weighted by molar-refractivity contribution is -0.137. The fraction of sp³-hybridized carbons (Fsp3) is 0.160. The van der Waals surface area contributed by atoms with Gasteiger partial charge in [-0.05, 0) is 43.3 Å². The molecule has 0 aliphatic rings. The number of pyridine rings is 1. The fourth-order valence-corrected chi connectivity index (χ4v) is 3.42. The molecule has 2 aromatic carbocycles. The molecule has 1 N–H and O–H groups in total. The van der Waals surface area contributed by atoms with Gasteiger partial charge < -0.3 is 14.8 Å². The molecule has 0 unspecified atom stereocenters. The lowest BCUT2D eigenvalue weighted by atomic mass is 10.2. The van der Waals surface area contributed by atoms with Crippen molar-refractivity contribution in [2.45, 2.75) is 19.7 Å². The summed E-state index contributed by atoms with van der Waals surface area (Å²) in [5, 5.41) is 6.89. The first-order valence-electron chi connectivity index (χ1n) is 10.5. The summed E-state index contributed by atoms with van der Waals surface area (Å²) in [5.74, 6) is 0.440. The van der Waals surface area contributed by atoms with Crippen molar-refractivity contribution in [3.05, 3.63) is 95.6 Å². The minimum Gasteiger partial charge on any atom is -0.493 e. The maximum atomic E-state index is 13.1. The van der Waals surface area contributed by atoms with E-state index in [1.165, 1.54) is 30.1 Å². The van der Waals surface area contributed by atoms with Crippen molar-refractivity contribution in [1.82, 2.24) is 14.8 Å². The molecule has 35 heavy (non-hydrogen) atoms. The molecule has 0 saturated heterocycles. The van der Waals surface area contributed by atoms with E-state index >= 15 is 0 Å². The van der Waals surface area contributed by atoms with Gasteiger partial charge in [-0.15, -0.1) is 0 Å². The van der Waals surface area contributed by atoms with Gasteiger partial charge in [0.05, 0.1) is 35.8 Å². The van der Waals surface area contributed by atoms with Crippen LogP contribution >= 0.6 is 0 Å². The van der Waals surface area contributed by atoms with E-state index in [4.69, 9.17) is 9.47 Å². The van der Waals surface area contributed by atoms with Crippen molar-refractivity contribution < 1.29 is 27.4 Å². The van der Waals surface area contributed by atoms with Crippen LogP contribution in [0.1, 0.15) is 27.2 Å². The van der Waals surface area contributed by atoms with Crippen LogP contribution in [0.3, 0.4) is 0 Å². The van der Waals surface area contributed by atoms with E-state index in [1.807, 2.05) is 6.07 Å². The van der Waals surface area contributed by atoms with E-state index < -0.39 is 17.6 Å². The maximum absolute atomic E-state index is 13.1. The number of nitrogens with one attached hydrogen (secondary N) is 1. The van der Waals surface area contributed by atoms with E-state index in [2.05, 4.69) is 15.4 Å². The number of hydrogen-bond acceptors (Lipinski definition) is 5. The quantitative estimate of drug-likeness (QED) is 0.380. The Kier molecular flexibility index (Phi) is 6.72. The average Bonchev–Trinajstić information content (AvgIpc) is 3.24. The van der Waals surface area contributed by atoms with Crippen molar-refractivity contribution in [3.63, 3.8) is 0 Å². The van der Waals surface area contributed by atoms with Crippen LogP contribution in [0, 0.1) is 6.92 Å². The van der Waals surface area contributed by atoms with Crippen LogP contribution in [-0.4, -0.2) is 27.8 Å². The minimum atomic E-state index is -4.48. The number of halogens is 3. The number of anilines is 1. The zero-order chi connectivity index (χ0) is 25.0. The molecule has 0 aliphatic carbocycles. The van der Waals surface area contributed by atoms with Crippen LogP contribution in [0.4, 0.5) is 18.9 Å². The molecule has 0 atom stereocenters. The number of aromatic nitrogens is 3. The number of carbonyl (C=O) groups is 1. The second kappa shape index (κ2) is 9.88. The van der Waals surface area contributed by atoms with Gasteiger partial charge in [0, 0.05) is 29.7 Å². The normalized spacial score (nSPS) is 11.2. The molecule has 2 heterocycles. The summed E-state index contributed by atoms with van der Waals surface area (Å²) in [5.41, 5.74) is 1.32. The van der Waals surface area contributed by atoms with Crippen molar-refractivity contribution in [2.75, 3.05) is 12.4 Å². The summed E-state index contributed by atoms with van der Waals surface area (Å²) in [6, 6.07) is 13.4. The lowest BCUT2D eigenvalue weighted by Crippen LogP contribution is -2.13. The lowest BCUT2D eigenvalue weighted by Gasteiger charge is -2.13. The summed E-state index contributed by atoms with van der Waals surface area (Å²) in [4.78, 5) is 17.0. The summed E-state index contributed by atoms with van der Waals surface area (Å²) in [7, 11) is 1.51. The highest BCUT2D eigenvalue weighted by molar-refractivity contribution is 6.05. The Balaban J connectivity index is 1.53. The number of methoxy groups -OCH3 is 1. The Morgan fingerprint density at radius 2 is 1.89 bits per heavy atom. The van der Waals surface area contributed by atoms with Crippen molar-refractivity contribution in [1.29, 1.82) is 0 Å². The van der Waals surface area contributed by atoms with Gasteiger partial charge in [0.2, 0.25) is 0 Å². The van der Waals surface area contributed by atoms with Gasteiger partial charge in [0.1, 0.15) is 6.61 Å². The van der Waals surface area contributed by atoms with E-state index in [0.29, 0.717) is 22.9 Å². The summed E-state index contributed by atoms with van der Waals surface area (Å²) in [6.07, 6.45) is 0.178. The topological polar surface area (TPSA) is 78.3 Å². The summed E-state index contributed by atoms with van der Waals surface area (Å²) >= 11 is 0. The molecule has 4 aromatic rings. The third kappa shape index (κ3) is 5.43. The zero-order valence-electron chi connectivity index (χ0n) is 18.8. The first-order valence-corrected chi connectivity index (χ1v) is 10.5.